The van der Waals surface area contributed by atoms with Crippen LogP contribution in [0.25, 0.3) is 0 Å². The van der Waals surface area contributed by atoms with Crippen molar-refractivity contribution in [3.05, 3.63) is 18.3 Å². The average molecular weight is 262 g/mol. The van der Waals surface area contributed by atoms with E-state index in [9.17, 15) is 4.79 Å². The molecule has 2 amide bonds. The van der Waals surface area contributed by atoms with Gasteiger partial charge in [0.25, 0.3) is 0 Å². The van der Waals surface area contributed by atoms with Crippen molar-refractivity contribution in [2.24, 2.45) is 5.92 Å². The van der Waals surface area contributed by atoms with Crippen molar-refractivity contribution in [1.82, 2.24) is 15.5 Å². The Morgan fingerprint density at radius 2 is 2.26 bits per heavy atom. The van der Waals surface area contributed by atoms with Gasteiger partial charge < -0.3 is 10.1 Å². The van der Waals surface area contributed by atoms with Crippen molar-refractivity contribution in [3.8, 4) is 0 Å². The van der Waals surface area contributed by atoms with E-state index >= 15 is 0 Å². The maximum atomic E-state index is 11.8. The topological polar surface area (TPSA) is 76.1 Å². The third-order valence-corrected chi connectivity index (χ3v) is 3.61. The maximum Gasteiger partial charge on any atom is 0.320 e. The summed E-state index contributed by atoms with van der Waals surface area (Å²) in [5.41, 5.74) is 0. The summed E-state index contributed by atoms with van der Waals surface area (Å²) in [6.07, 6.45) is 6.22. The number of hydrogen-bond acceptors (Lipinski definition) is 4. The number of aromatic nitrogens is 2. The maximum absolute atomic E-state index is 11.8. The Morgan fingerprint density at radius 1 is 1.37 bits per heavy atom. The monoisotopic (exact) mass is 262 g/mol. The second kappa shape index (κ2) is 5.52. The summed E-state index contributed by atoms with van der Waals surface area (Å²) < 4.78 is 5.74. The lowest BCUT2D eigenvalue weighted by Crippen LogP contribution is -2.44. The molecule has 0 bridgehead atoms. The van der Waals surface area contributed by atoms with Crippen LogP contribution in [0.2, 0.25) is 0 Å². The Hall–Kier alpha value is -1.69. The fraction of sp³-hybridized carbons (Fsp3) is 0.615. The molecule has 2 aliphatic rings. The van der Waals surface area contributed by atoms with Gasteiger partial charge in [-0.1, -0.05) is 0 Å². The van der Waals surface area contributed by atoms with Gasteiger partial charge in [-0.05, 0) is 43.7 Å². The quantitative estimate of drug-likeness (QED) is 0.866. The van der Waals surface area contributed by atoms with Gasteiger partial charge in [0.05, 0.1) is 6.10 Å². The molecule has 2 fully saturated rings. The SMILES string of the molecule is O=C(Nc1cccnn1)N[C@H]1CCO[C@@H](C2CC2)C1. The fourth-order valence-electron chi connectivity index (χ4n) is 2.46. The minimum Gasteiger partial charge on any atom is -0.378 e. The first-order valence-corrected chi connectivity index (χ1v) is 6.78. The van der Waals surface area contributed by atoms with Crippen LogP contribution in [-0.2, 0) is 4.74 Å². The minimum absolute atomic E-state index is 0.191. The molecular formula is C13H18N4O2. The van der Waals surface area contributed by atoms with Crippen LogP contribution in [0.15, 0.2) is 18.3 Å². The number of hydrogen-bond donors (Lipinski definition) is 2. The van der Waals surface area contributed by atoms with Crippen molar-refractivity contribution >= 4 is 11.8 Å². The molecule has 102 valence electrons. The number of ether oxygens (including phenoxy) is 1. The summed E-state index contributed by atoms with van der Waals surface area (Å²) in [5, 5.41) is 13.2. The molecule has 0 spiro atoms. The van der Waals surface area contributed by atoms with Gasteiger partial charge in [0, 0.05) is 18.8 Å². The molecule has 0 unspecified atom stereocenters. The standard InChI is InChI=1S/C13H18N4O2/c18-13(16-12-2-1-6-14-17-12)15-10-5-7-19-11(8-10)9-3-4-9/h1-2,6,9-11H,3-5,7-8H2,(H2,15,16,17,18)/t10-,11+/m0/s1. The predicted molar refractivity (Wildman–Crippen MR) is 69.7 cm³/mol. The third-order valence-electron chi connectivity index (χ3n) is 3.61. The van der Waals surface area contributed by atoms with Gasteiger partial charge in [-0.15, -0.1) is 5.10 Å². The molecule has 6 nitrogen and oxygen atoms in total. The van der Waals surface area contributed by atoms with E-state index in [1.807, 2.05) is 0 Å². The minimum atomic E-state index is -0.220. The Bertz CT molecular complexity index is 436. The van der Waals surface area contributed by atoms with Crippen molar-refractivity contribution in [3.63, 3.8) is 0 Å². The smallest absolute Gasteiger partial charge is 0.320 e. The highest BCUT2D eigenvalue weighted by molar-refractivity contribution is 5.88. The van der Waals surface area contributed by atoms with Crippen LogP contribution in [0.1, 0.15) is 25.7 Å². The summed E-state index contributed by atoms with van der Waals surface area (Å²) in [5.74, 6) is 1.18. The molecule has 1 saturated heterocycles. The molecule has 1 aromatic rings. The lowest BCUT2D eigenvalue weighted by atomic mass is 10.0. The second-order valence-electron chi connectivity index (χ2n) is 5.18. The number of nitrogens with one attached hydrogen (secondary N) is 2. The molecule has 0 aromatic carbocycles. The van der Waals surface area contributed by atoms with Crippen LogP contribution < -0.4 is 10.6 Å². The van der Waals surface area contributed by atoms with Gasteiger partial charge in [0.15, 0.2) is 5.82 Å². The van der Waals surface area contributed by atoms with Crippen molar-refractivity contribution in [1.29, 1.82) is 0 Å². The van der Waals surface area contributed by atoms with Gasteiger partial charge in [-0.3, -0.25) is 5.32 Å². The number of carbonyl (C=O) groups excluding carboxylic acids is 1. The predicted octanol–water partition coefficient (Wildman–Crippen LogP) is 1.56. The van der Waals surface area contributed by atoms with E-state index in [0.29, 0.717) is 17.8 Å². The van der Waals surface area contributed by atoms with E-state index in [1.54, 1.807) is 18.3 Å². The molecule has 19 heavy (non-hydrogen) atoms. The fourth-order valence-corrected chi connectivity index (χ4v) is 2.46. The van der Waals surface area contributed by atoms with E-state index in [4.69, 9.17) is 4.74 Å². The highest BCUT2D eigenvalue weighted by atomic mass is 16.5. The Kier molecular flexibility index (Phi) is 3.59. The molecular weight excluding hydrogens is 244 g/mol. The van der Waals surface area contributed by atoms with Crippen molar-refractivity contribution < 1.29 is 9.53 Å². The van der Waals surface area contributed by atoms with Gasteiger partial charge in [0.2, 0.25) is 0 Å². The summed E-state index contributed by atoms with van der Waals surface area (Å²) >= 11 is 0. The first-order chi connectivity index (χ1) is 9.31. The third kappa shape index (κ3) is 3.41. The van der Waals surface area contributed by atoms with Crippen LogP contribution >= 0.6 is 0 Å². The Morgan fingerprint density at radius 3 is 3.00 bits per heavy atom. The van der Waals surface area contributed by atoms with Crippen LogP contribution in [0.4, 0.5) is 10.6 Å². The molecule has 1 saturated carbocycles. The van der Waals surface area contributed by atoms with Crippen LogP contribution in [0.5, 0.6) is 0 Å². The molecule has 1 aliphatic carbocycles. The number of nitrogens with zero attached hydrogens (tertiary/aromatic N) is 2. The zero-order chi connectivity index (χ0) is 13.1. The van der Waals surface area contributed by atoms with E-state index in [1.165, 1.54) is 12.8 Å². The van der Waals surface area contributed by atoms with Gasteiger partial charge >= 0.3 is 6.03 Å². The summed E-state index contributed by atoms with van der Waals surface area (Å²) in [6, 6.07) is 3.42. The van der Waals surface area contributed by atoms with E-state index in [0.717, 1.165) is 19.4 Å². The van der Waals surface area contributed by atoms with E-state index in [2.05, 4.69) is 20.8 Å². The van der Waals surface area contributed by atoms with Gasteiger partial charge in [-0.2, -0.15) is 5.10 Å². The highest BCUT2D eigenvalue weighted by Gasteiger charge is 2.36. The molecule has 6 heteroatoms. The number of urea groups is 1. The summed E-state index contributed by atoms with van der Waals surface area (Å²) in [7, 11) is 0. The van der Waals surface area contributed by atoms with Gasteiger partial charge in [0.1, 0.15) is 0 Å². The van der Waals surface area contributed by atoms with E-state index in [-0.39, 0.29) is 12.1 Å². The zero-order valence-electron chi connectivity index (χ0n) is 10.7. The lowest BCUT2D eigenvalue weighted by molar-refractivity contribution is -0.00889. The largest absolute Gasteiger partial charge is 0.378 e. The van der Waals surface area contributed by atoms with E-state index < -0.39 is 0 Å². The molecule has 2 heterocycles. The molecule has 3 rings (SSSR count). The molecule has 0 radical (unpaired) electrons. The number of rotatable bonds is 3. The van der Waals surface area contributed by atoms with Crippen LogP contribution in [0.3, 0.4) is 0 Å². The van der Waals surface area contributed by atoms with Crippen LogP contribution in [-0.4, -0.2) is 35.0 Å². The second-order valence-corrected chi connectivity index (χ2v) is 5.18. The Labute approximate surface area is 111 Å². The molecule has 2 atom stereocenters. The van der Waals surface area contributed by atoms with Gasteiger partial charge in [-0.25, -0.2) is 4.79 Å². The van der Waals surface area contributed by atoms with Crippen molar-refractivity contribution in [2.45, 2.75) is 37.8 Å². The molecule has 1 aromatic heterocycles. The summed E-state index contributed by atoms with van der Waals surface area (Å²) in [6.45, 7) is 0.733. The first-order valence-electron chi connectivity index (χ1n) is 6.78. The molecule has 2 N–H and O–H groups in total. The summed E-state index contributed by atoms with van der Waals surface area (Å²) in [4.78, 5) is 11.8. The normalized spacial score (nSPS) is 26.7. The van der Waals surface area contributed by atoms with Crippen molar-refractivity contribution in [2.75, 3.05) is 11.9 Å². The lowest BCUT2D eigenvalue weighted by Gasteiger charge is -2.30. The van der Waals surface area contributed by atoms with Crippen LogP contribution in [0, 0.1) is 5.92 Å². The number of amides is 2. The average Bonchev–Trinajstić information content (AvgIpc) is 3.24. The Balaban J connectivity index is 1.48. The molecule has 1 aliphatic heterocycles. The number of anilines is 1. The first kappa shape index (κ1) is 12.3. The zero-order valence-corrected chi connectivity index (χ0v) is 10.7. The number of carbonyl (C=O) groups is 1. The highest BCUT2D eigenvalue weighted by Crippen LogP contribution is 2.38.